The SMILES string of the molecule is C[C@H](C(=O)NCc1ccccc1)N1C(=O)C[C@H](N(C)C)C1=O.O=C(O)/C=C/C(=O)O. The van der Waals surface area contributed by atoms with Gasteiger partial charge in [0.25, 0.3) is 0 Å². The van der Waals surface area contributed by atoms with Gasteiger partial charge < -0.3 is 15.5 Å². The number of carbonyl (C=O) groups is 5. The largest absolute Gasteiger partial charge is 0.478 e. The summed E-state index contributed by atoms with van der Waals surface area (Å²) in [5.41, 5.74) is 0.966. The lowest BCUT2D eigenvalue weighted by atomic mass is 10.2. The summed E-state index contributed by atoms with van der Waals surface area (Å²) >= 11 is 0. The Bertz CT molecular complexity index is 805. The first-order valence-electron chi connectivity index (χ1n) is 9.02. The lowest BCUT2D eigenvalue weighted by Gasteiger charge is -2.23. The third kappa shape index (κ3) is 7.47. The van der Waals surface area contributed by atoms with E-state index in [1.807, 2.05) is 30.3 Å². The second kappa shape index (κ2) is 11.5. The fourth-order valence-electron chi connectivity index (χ4n) is 2.64. The molecule has 0 saturated carbocycles. The number of carbonyl (C=O) groups excluding carboxylic acids is 3. The summed E-state index contributed by atoms with van der Waals surface area (Å²) < 4.78 is 0. The third-order valence-corrected chi connectivity index (χ3v) is 4.23. The number of rotatable bonds is 7. The predicted molar refractivity (Wildman–Crippen MR) is 106 cm³/mol. The number of hydrogen-bond donors (Lipinski definition) is 3. The number of likely N-dealkylation sites (tertiary alicyclic amines) is 1. The fraction of sp³-hybridized carbons (Fsp3) is 0.350. The van der Waals surface area contributed by atoms with Gasteiger partial charge in [0.15, 0.2) is 0 Å². The quantitative estimate of drug-likeness (QED) is 0.417. The van der Waals surface area contributed by atoms with E-state index in [9.17, 15) is 24.0 Å². The summed E-state index contributed by atoms with van der Waals surface area (Å²) in [5.74, 6) is -3.45. The molecule has 0 aromatic heterocycles. The maximum absolute atomic E-state index is 12.3. The Morgan fingerprint density at radius 1 is 1.13 bits per heavy atom. The molecule has 162 valence electrons. The standard InChI is InChI=1S/C16H21N3O3.C4H4O4/c1-11(15(21)17-10-12-7-5-4-6-8-12)19-14(20)9-13(16(19)22)18(2)3;5-3(6)1-2-4(7)8/h4-8,11,13H,9-10H2,1-3H3,(H,17,21);1-2H,(H,5,6)(H,7,8)/b;2-1+/t11-,13+;/m1./s1. The minimum absolute atomic E-state index is 0.127. The van der Waals surface area contributed by atoms with Gasteiger partial charge in [-0.3, -0.25) is 24.2 Å². The molecule has 0 unspecified atom stereocenters. The van der Waals surface area contributed by atoms with E-state index in [4.69, 9.17) is 10.2 Å². The van der Waals surface area contributed by atoms with Gasteiger partial charge in [-0.25, -0.2) is 9.59 Å². The molecule has 1 aromatic rings. The van der Waals surface area contributed by atoms with Gasteiger partial charge in [-0.05, 0) is 26.6 Å². The zero-order valence-electron chi connectivity index (χ0n) is 16.9. The summed E-state index contributed by atoms with van der Waals surface area (Å²) in [6, 6.07) is 8.21. The minimum Gasteiger partial charge on any atom is -0.478 e. The first kappa shape index (κ1) is 24.5. The number of aliphatic carboxylic acids is 2. The summed E-state index contributed by atoms with van der Waals surface area (Å²) in [5, 5.41) is 18.4. The molecule has 0 bridgehead atoms. The van der Waals surface area contributed by atoms with E-state index in [0.29, 0.717) is 18.7 Å². The highest BCUT2D eigenvalue weighted by Gasteiger charge is 2.43. The molecule has 1 saturated heterocycles. The Morgan fingerprint density at radius 2 is 1.67 bits per heavy atom. The van der Waals surface area contributed by atoms with Gasteiger partial charge in [-0.15, -0.1) is 0 Å². The summed E-state index contributed by atoms with van der Waals surface area (Å²) in [6.45, 7) is 1.95. The number of imide groups is 1. The Labute approximate surface area is 173 Å². The van der Waals surface area contributed by atoms with Crippen molar-refractivity contribution in [3.8, 4) is 0 Å². The van der Waals surface area contributed by atoms with E-state index in [-0.39, 0.29) is 24.1 Å². The summed E-state index contributed by atoms with van der Waals surface area (Å²) in [4.78, 5) is 58.4. The molecule has 3 N–H and O–H groups in total. The molecule has 1 fully saturated rings. The molecule has 2 rings (SSSR count). The van der Waals surface area contributed by atoms with E-state index in [2.05, 4.69) is 5.32 Å². The van der Waals surface area contributed by atoms with Crippen molar-refractivity contribution in [3.05, 3.63) is 48.0 Å². The Kier molecular flexibility index (Phi) is 9.37. The van der Waals surface area contributed by atoms with Crippen LogP contribution in [-0.2, 0) is 30.5 Å². The number of hydrogen-bond acceptors (Lipinski definition) is 6. The molecule has 2 atom stereocenters. The Hall–Kier alpha value is -3.53. The van der Waals surface area contributed by atoms with E-state index in [0.717, 1.165) is 10.5 Å². The number of amides is 3. The van der Waals surface area contributed by atoms with Gasteiger partial charge in [0.05, 0.1) is 12.5 Å². The number of likely N-dealkylation sites (N-methyl/N-ethyl adjacent to an activating group) is 1. The molecule has 10 heteroatoms. The monoisotopic (exact) mass is 419 g/mol. The number of carboxylic acid groups (broad SMARTS) is 2. The molecule has 1 aliphatic heterocycles. The van der Waals surface area contributed by atoms with E-state index >= 15 is 0 Å². The topological polar surface area (TPSA) is 144 Å². The second-order valence-corrected chi connectivity index (χ2v) is 6.67. The highest BCUT2D eigenvalue weighted by atomic mass is 16.4. The van der Waals surface area contributed by atoms with Gasteiger partial charge in [0, 0.05) is 18.7 Å². The molecule has 10 nitrogen and oxygen atoms in total. The third-order valence-electron chi connectivity index (χ3n) is 4.23. The highest BCUT2D eigenvalue weighted by Crippen LogP contribution is 2.19. The van der Waals surface area contributed by atoms with Crippen LogP contribution in [0.2, 0.25) is 0 Å². The van der Waals surface area contributed by atoms with Crippen molar-refractivity contribution in [3.63, 3.8) is 0 Å². The van der Waals surface area contributed by atoms with Crippen LogP contribution in [0.15, 0.2) is 42.5 Å². The number of nitrogens with zero attached hydrogens (tertiary/aromatic N) is 2. The van der Waals surface area contributed by atoms with Crippen molar-refractivity contribution in [2.45, 2.75) is 32.0 Å². The van der Waals surface area contributed by atoms with Crippen molar-refractivity contribution in [1.29, 1.82) is 0 Å². The van der Waals surface area contributed by atoms with Gasteiger partial charge >= 0.3 is 11.9 Å². The molecule has 3 amide bonds. The zero-order chi connectivity index (χ0) is 22.8. The molecule has 0 radical (unpaired) electrons. The highest BCUT2D eigenvalue weighted by molar-refractivity contribution is 6.08. The van der Waals surface area contributed by atoms with Gasteiger partial charge in [-0.2, -0.15) is 0 Å². The van der Waals surface area contributed by atoms with E-state index in [1.165, 1.54) is 0 Å². The van der Waals surface area contributed by atoms with Crippen LogP contribution in [0.5, 0.6) is 0 Å². The molecular weight excluding hydrogens is 394 g/mol. The minimum atomic E-state index is -1.26. The lowest BCUT2D eigenvalue weighted by Crippen LogP contribution is -2.49. The van der Waals surface area contributed by atoms with Crippen LogP contribution >= 0.6 is 0 Å². The molecule has 0 aliphatic carbocycles. The van der Waals surface area contributed by atoms with Gasteiger partial charge in [0.1, 0.15) is 6.04 Å². The van der Waals surface area contributed by atoms with Crippen molar-refractivity contribution in [2.24, 2.45) is 0 Å². The van der Waals surface area contributed by atoms with Crippen molar-refractivity contribution >= 4 is 29.7 Å². The number of carboxylic acids is 2. The van der Waals surface area contributed by atoms with Crippen molar-refractivity contribution in [1.82, 2.24) is 15.1 Å². The molecule has 1 heterocycles. The maximum atomic E-state index is 12.3. The smallest absolute Gasteiger partial charge is 0.328 e. The first-order valence-corrected chi connectivity index (χ1v) is 9.02. The zero-order valence-corrected chi connectivity index (χ0v) is 16.9. The molecule has 30 heavy (non-hydrogen) atoms. The van der Waals surface area contributed by atoms with Crippen LogP contribution in [0.25, 0.3) is 0 Å². The predicted octanol–water partition coefficient (Wildman–Crippen LogP) is 0.0922. The molecular formula is C20H25N3O7. The molecule has 1 aliphatic rings. The van der Waals surface area contributed by atoms with Gasteiger partial charge in [-0.1, -0.05) is 30.3 Å². The van der Waals surface area contributed by atoms with E-state index < -0.39 is 24.0 Å². The van der Waals surface area contributed by atoms with Crippen LogP contribution in [-0.4, -0.2) is 75.9 Å². The number of nitrogens with one attached hydrogen (secondary N) is 1. The average molecular weight is 419 g/mol. The first-order chi connectivity index (χ1) is 14.0. The Balaban J connectivity index is 0.000000479. The van der Waals surface area contributed by atoms with Gasteiger partial charge in [0.2, 0.25) is 17.7 Å². The Morgan fingerprint density at radius 3 is 2.10 bits per heavy atom. The van der Waals surface area contributed by atoms with Crippen LogP contribution in [0.3, 0.4) is 0 Å². The normalized spacial score (nSPS) is 16.9. The van der Waals surface area contributed by atoms with Crippen molar-refractivity contribution < 1.29 is 34.2 Å². The maximum Gasteiger partial charge on any atom is 0.328 e. The second-order valence-electron chi connectivity index (χ2n) is 6.67. The lowest BCUT2D eigenvalue weighted by molar-refractivity contribution is -0.147. The van der Waals surface area contributed by atoms with Crippen LogP contribution < -0.4 is 5.32 Å². The van der Waals surface area contributed by atoms with E-state index in [1.54, 1.807) is 25.9 Å². The summed E-state index contributed by atoms with van der Waals surface area (Å²) in [6.07, 6.45) is 1.24. The van der Waals surface area contributed by atoms with Crippen LogP contribution in [0, 0.1) is 0 Å². The van der Waals surface area contributed by atoms with Crippen molar-refractivity contribution in [2.75, 3.05) is 14.1 Å². The number of benzene rings is 1. The fourth-order valence-corrected chi connectivity index (χ4v) is 2.64. The average Bonchev–Trinajstić information content (AvgIpc) is 2.99. The molecule has 1 aromatic carbocycles. The van der Waals surface area contributed by atoms with Crippen LogP contribution in [0.4, 0.5) is 0 Å². The van der Waals surface area contributed by atoms with Crippen LogP contribution in [0.1, 0.15) is 18.9 Å². The molecule has 0 spiro atoms. The summed E-state index contributed by atoms with van der Waals surface area (Å²) in [7, 11) is 3.50.